The number of benzene rings is 2. The summed E-state index contributed by atoms with van der Waals surface area (Å²) in [6.45, 7) is 0.0423. The van der Waals surface area contributed by atoms with E-state index in [4.69, 9.17) is 4.74 Å². The van der Waals surface area contributed by atoms with Crippen molar-refractivity contribution in [2.75, 3.05) is 18.6 Å². The first-order valence-corrected chi connectivity index (χ1v) is 8.14. The summed E-state index contributed by atoms with van der Waals surface area (Å²) in [7, 11) is 1.56. The second-order valence-corrected chi connectivity index (χ2v) is 6.32. The summed E-state index contributed by atoms with van der Waals surface area (Å²) < 4.78 is 6.12. The largest absolute Gasteiger partial charge is 0.497 e. The number of halogens is 1. The number of Topliss-reactive ketones (excluding diaryl/α,β-unsaturated/α-hetero) is 1. The summed E-state index contributed by atoms with van der Waals surface area (Å²) in [5.41, 5.74) is 2.44. The highest BCUT2D eigenvalue weighted by Gasteiger charge is 2.26. The van der Waals surface area contributed by atoms with Crippen molar-refractivity contribution in [2.24, 2.45) is 0 Å². The molecule has 23 heavy (non-hydrogen) atoms. The van der Waals surface area contributed by atoms with E-state index in [0.717, 1.165) is 15.7 Å². The molecule has 0 unspecified atom stereocenters. The molecular weight excluding hydrogens is 358 g/mol. The first-order valence-electron chi connectivity index (χ1n) is 7.34. The minimum Gasteiger partial charge on any atom is -0.497 e. The molecule has 1 aliphatic rings. The number of hydrogen-bond donors (Lipinski definition) is 0. The topological polar surface area (TPSA) is 46.6 Å². The van der Waals surface area contributed by atoms with Gasteiger partial charge in [0.1, 0.15) is 5.75 Å². The minimum atomic E-state index is -0.104. The lowest BCUT2D eigenvalue weighted by molar-refractivity contribution is -0.118. The summed E-state index contributed by atoms with van der Waals surface area (Å²) in [6, 6.07) is 12.8. The van der Waals surface area contributed by atoms with E-state index in [1.165, 1.54) is 0 Å². The number of ketones is 1. The molecule has 0 saturated carbocycles. The van der Waals surface area contributed by atoms with Crippen molar-refractivity contribution in [1.82, 2.24) is 0 Å². The van der Waals surface area contributed by atoms with Crippen molar-refractivity contribution in [3.8, 4) is 5.75 Å². The Labute approximate surface area is 143 Å². The number of rotatable bonds is 4. The molecule has 2 aromatic rings. The van der Waals surface area contributed by atoms with Gasteiger partial charge >= 0.3 is 0 Å². The monoisotopic (exact) mass is 373 g/mol. The molecular formula is C18H16BrNO3. The van der Waals surface area contributed by atoms with Crippen LogP contribution in [0.5, 0.6) is 5.75 Å². The summed E-state index contributed by atoms with van der Waals surface area (Å²) in [6.07, 6.45) is 1.13. The van der Waals surface area contributed by atoms with Gasteiger partial charge in [0.25, 0.3) is 0 Å². The normalized spacial score (nSPS) is 13.7. The number of methoxy groups -OCH3 is 1. The van der Waals surface area contributed by atoms with Crippen LogP contribution in [0.4, 0.5) is 5.69 Å². The lowest BCUT2D eigenvalue weighted by Crippen LogP contribution is -2.39. The Bertz CT molecular complexity index is 773. The standard InChI is InChI=1S/C18H16BrNO3/c1-23-15-4-2-3-13(10-15)17(21)11-20-16-7-6-14(19)9-12(16)5-8-18(20)22/h2-4,6-7,9-10H,5,8,11H2,1H3. The van der Waals surface area contributed by atoms with Gasteiger partial charge in [0.2, 0.25) is 5.91 Å². The lowest BCUT2D eigenvalue weighted by Gasteiger charge is -2.29. The summed E-state index contributed by atoms with van der Waals surface area (Å²) >= 11 is 3.44. The van der Waals surface area contributed by atoms with Crippen LogP contribution < -0.4 is 9.64 Å². The number of aryl methyl sites for hydroxylation is 1. The molecule has 0 radical (unpaired) electrons. The van der Waals surface area contributed by atoms with Crippen LogP contribution in [0.3, 0.4) is 0 Å². The van der Waals surface area contributed by atoms with E-state index in [9.17, 15) is 9.59 Å². The van der Waals surface area contributed by atoms with E-state index in [2.05, 4.69) is 15.9 Å². The van der Waals surface area contributed by atoms with Crippen molar-refractivity contribution in [3.63, 3.8) is 0 Å². The summed E-state index contributed by atoms with van der Waals surface area (Å²) in [5, 5.41) is 0. The van der Waals surface area contributed by atoms with Gasteiger partial charge in [0, 0.05) is 22.1 Å². The lowest BCUT2D eigenvalue weighted by atomic mass is 10.00. The Kier molecular flexibility index (Phi) is 4.48. The number of ether oxygens (including phenoxy) is 1. The number of amides is 1. The molecule has 0 bridgehead atoms. The maximum atomic E-state index is 12.5. The highest BCUT2D eigenvalue weighted by atomic mass is 79.9. The van der Waals surface area contributed by atoms with Gasteiger partial charge in [-0.25, -0.2) is 0 Å². The van der Waals surface area contributed by atoms with Gasteiger partial charge in [-0.1, -0.05) is 28.1 Å². The Morgan fingerprint density at radius 3 is 2.83 bits per heavy atom. The number of fused-ring (bicyclic) bond motifs is 1. The van der Waals surface area contributed by atoms with Crippen molar-refractivity contribution >= 4 is 33.3 Å². The third-order valence-corrected chi connectivity index (χ3v) is 4.43. The Hall–Kier alpha value is -2.14. The Morgan fingerprint density at radius 1 is 1.22 bits per heavy atom. The number of carbonyl (C=O) groups excluding carboxylic acids is 2. The number of nitrogens with zero attached hydrogens (tertiary/aromatic N) is 1. The maximum absolute atomic E-state index is 12.5. The van der Waals surface area contributed by atoms with E-state index in [1.54, 1.807) is 36.3 Å². The zero-order chi connectivity index (χ0) is 16.4. The molecule has 0 aliphatic carbocycles. The molecule has 1 heterocycles. The van der Waals surface area contributed by atoms with E-state index in [1.807, 2.05) is 18.2 Å². The molecule has 3 rings (SSSR count). The van der Waals surface area contributed by atoms with Crippen LogP contribution >= 0.6 is 15.9 Å². The van der Waals surface area contributed by atoms with Crippen molar-refractivity contribution in [1.29, 1.82) is 0 Å². The average Bonchev–Trinajstić information content (AvgIpc) is 2.57. The SMILES string of the molecule is COc1cccc(C(=O)CN2C(=O)CCc3cc(Br)ccc32)c1. The molecule has 0 saturated heterocycles. The fraction of sp³-hybridized carbons (Fsp3) is 0.222. The van der Waals surface area contributed by atoms with Crippen molar-refractivity contribution in [3.05, 3.63) is 58.1 Å². The first kappa shape index (κ1) is 15.7. The van der Waals surface area contributed by atoms with Crippen LogP contribution in [0.15, 0.2) is 46.9 Å². The van der Waals surface area contributed by atoms with Gasteiger partial charge in [-0.2, -0.15) is 0 Å². The van der Waals surface area contributed by atoms with E-state index in [-0.39, 0.29) is 18.2 Å². The van der Waals surface area contributed by atoms with Crippen molar-refractivity contribution in [2.45, 2.75) is 12.8 Å². The first-order chi connectivity index (χ1) is 11.1. The quantitative estimate of drug-likeness (QED) is 0.768. The molecule has 5 heteroatoms. The number of carbonyl (C=O) groups is 2. The average molecular weight is 374 g/mol. The fourth-order valence-corrected chi connectivity index (χ4v) is 3.14. The third kappa shape index (κ3) is 3.29. The van der Waals surface area contributed by atoms with Gasteiger partial charge in [-0.05, 0) is 42.3 Å². The predicted octanol–water partition coefficient (Wildman–Crippen LogP) is 3.62. The molecule has 0 atom stereocenters. The predicted molar refractivity (Wildman–Crippen MR) is 92.1 cm³/mol. The van der Waals surface area contributed by atoms with Crippen LogP contribution in [0.25, 0.3) is 0 Å². The minimum absolute atomic E-state index is 0.0175. The smallest absolute Gasteiger partial charge is 0.227 e. The molecule has 2 aromatic carbocycles. The molecule has 118 valence electrons. The van der Waals surface area contributed by atoms with E-state index >= 15 is 0 Å². The Balaban J connectivity index is 1.87. The van der Waals surface area contributed by atoms with Gasteiger partial charge in [-0.15, -0.1) is 0 Å². The highest BCUT2D eigenvalue weighted by molar-refractivity contribution is 9.10. The molecule has 0 aromatic heterocycles. The van der Waals surface area contributed by atoms with Crippen LogP contribution in [-0.2, 0) is 11.2 Å². The molecule has 1 aliphatic heterocycles. The third-order valence-electron chi connectivity index (χ3n) is 3.94. The number of anilines is 1. The molecule has 0 spiro atoms. The maximum Gasteiger partial charge on any atom is 0.227 e. The molecule has 1 amide bonds. The van der Waals surface area contributed by atoms with Gasteiger partial charge in [0.05, 0.1) is 13.7 Å². The van der Waals surface area contributed by atoms with Crippen LogP contribution in [0, 0.1) is 0 Å². The highest BCUT2D eigenvalue weighted by Crippen LogP contribution is 2.30. The van der Waals surface area contributed by atoms with Crippen LogP contribution in [0.2, 0.25) is 0 Å². The van der Waals surface area contributed by atoms with Crippen LogP contribution in [0.1, 0.15) is 22.3 Å². The zero-order valence-electron chi connectivity index (χ0n) is 12.7. The van der Waals surface area contributed by atoms with Gasteiger partial charge in [0.15, 0.2) is 5.78 Å². The van der Waals surface area contributed by atoms with Crippen molar-refractivity contribution < 1.29 is 14.3 Å². The summed E-state index contributed by atoms with van der Waals surface area (Å²) in [4.78, 5) is 26.4. The summed E-state index contributed by atoms with van der Waals surface area (Å²) in [5.74, 6) is 0.509. The van der Waals surface area contributed by atoms with E-state index in [0.29, 0.717) is 24.2 Å². The second-order valence-electron chi connectivity index (χ2n) is 5.41. The van der Waals surface area contributed by atoms with Gasteiger partial charge in [-0.3, -0.25) is 9.59 Å². The molecule has 0 fully saturated rings. The second kappa shape index (κ2) is 6.54. The zero-order valence-corrected chi connectivity index (χ0v) is 14.3. The fourth-order valence-electron chi connectivity index (χ4n) is 2.73. The number of hydrogen-bond acceptors (Lipinski definition) is 3. The molecule has 4 nitrogen and oxygen atoms in total. The van der Waals surface area contributed by atoms with E-state index < -0.39 is 0 Å². The molecule has 0 N–H and O–H groups in total. The Morgan fingerprint density at radius 2 is 2.04 bits per heavy atom. The van der Waals surface area contributed by atoms with Crippen LogP contribution in [-0.4, -0.2) is 25.3 Å². The van der Waals surface area contributed by atoms with Gasteiger partial charge < -0.3 is 9.64 Å².